The topological polar surface area (TPSA) is 67.4 Å². The maximum atomic E-state index is 14.1. The lowest BCUT2D eigenvalue weighted by atomic mass is 10.0. The Morgan fingerprint density at radius 1 is 1.22 bits per heavy atom. The van der Waals surface area contributed by atoms with E-state index < -0.39 is 29.5 Å². The number of carbonyl (C=O) groups is 2. The van der Waals surface area contributed by atoms with Crippen LogP contribution in [0.25, 0.3) is 0 Å². The number of para-hydroxylation sites is 1. The molecular formula is C20H20F2N2O3. The predicted molar refractivity (Wildman–Crippen MR) is 96.4 cm³/mol. The molecule has 0 aromatic heterocycles. The lowest BCUT2D eigenvalue weighted by Crippen LogP contribution is -2.30. The van der Waals surface area contributed by atoms with Gasteiger partial charge in [0, 0.05) is 18.6 Å². The molecule has 2 N–H and O–H groups in total. The van der Waals surface area contributed by atoms with Gasteiger partial charge in [-0.05, 0) is 30.5 Å². The number of hydrogen-bond acceptors (Lipinski definition) is 3. The van der Waals surface area contributed by atoms with Crippen molar-refractivity contribution < 1.29 is 23.1 Å². The average molecular weight is 374 g/mol. The first-order valence-electron chi connectivity index (χ1n) is 8.70. The van der Waals surface area contributed by atoms with Crippen LogP contribution in [0.3, 0.4) is 0 Å². The molecule has 0 fully saturated rings. The fraction of sp³-hybridized carbons (Fsp3) is 0.300. The van der Waals surface area contributed by atoms with Gasteiger partial charge in [0.15, 0.2) is 0 Å². The summed E-state index contributed by atoms with van der Waals surface area (Å²) in [5, 5.41) is 5.30. The number of aryl methyl sites for hydroxylation is 1. The van der Waals surface area contributed by atoms with Crippen LogP contribution in [0.15, 0.2) is 36.4 Å². The number of nitrogens with one attached hydrogen (secondary N) is 2. The molecule has 0 spiro atoms. The van der Waals surface area contributed by atoms with Gasteiger partial charge in [-0.15, -0.1) is 0 Å². The van der Waals surface area contributed by atoms with E-state index in [2.05, 4.69) is 10.6 Å². The minimum absolute atomic E-state index is 0.0492. The number of halogens is 2. The van der Waals surface area contributed by atoms with Crippen LogP contribution >= 0.6 is 0 Å². The van der Waals surface area contributed by atoms with Gasteiger partial charge in [0.1, 0.15) is 17.4 Å². The zero-order valence-electron chi connectivity index (χ0n) is 14.9. The normalized spacial score (nSPS) is 13.9. The van der Waals surface area contributed by atoms with Crippen LogP contribution in [-0.2, 0) is 16.0 Å². The zero-order valence-corrected chi connectivity index (χ0v) is 14.9. The third-order valence-electron chi connectivity index (χ3n) is 4.31. The second-order valence-corrected chi connectivity index (χ2v) is 6.42. The van der Waals surface area contributed by atoms with Crippen LogP contribution in [-0.4, -0.2) is 18.4 Å². The smallest absolute Gasteiger partial charge is 0.226 e. The molecule has 3 rings (SSSR count). The van der Waals surface area contributed by atoms with E-state index in [-0.39, 0.29) is 12.0 Å². The van der Waals surface area contributed by atoms with Gasteiger partial charge in [0.25, 0.3) is 0 Å². The van der Waals surface area contributed by atoms with E-state index in [0.29, 0.717) is 18.0 Å². The molecule has 1 atom stereocenters. The Morgan fingerprint density at radius 2 is 2.04 bits per heavy atom. The maximum Gasteiger partial charge on any atom is 0.226 e. The van der Waals surface area contributed by atoms with Crippen molar-refractivity contribution in [2.75, 3.05) is 11.9 Å². The van der Waals surface area contributed by atoms with Gasteiger partial charge in [0.2, 0.25) is 11.8 Å². The van der Waals surface area contributed by atoms with Gasteiger partial charge >= 0.3 is 0 Å². The molecule has 0 saturated carbocycles. The van der Waals surface area contributed by atoms with Crippen LogP contribution in [0.1, 0.15) is 36.9 Å². The first-order chi connectivity index (χ1) is 12.9. The first-order valence-corrected chi connectivity index (χ1v) is 8.70. The van der Waals surface area contributed by atoms with Crippen LogP contribution in [0, 0.1) is 11.6 Å². The summed E-state index contributed by atoms with van der Waals surface area (Å²) in [6.07, 6.45) is 1.58. The van der Waals surface area contributed by atoms with Crippen molar-refractivity contribution in [3.05, 3.63) is 59.2 Å². The van der Waals surface area contributed by atoms with Crippen molar-refractivity contribution in [2.24, 2.45) is 0 Å². The van der Waals surface area contributed by atoms with Crippen molar-refractivity contribution >= 4 is 17.5 Å². The first kappa shape index (κ1) is 18.8. The third-order valence-corrected chi connectivity index (χ3v) is 4.31. The van der Waals surface area contributed by atoms with E-state index >= 15 is 0 Å². The summed E-state index contributed by atoms with van der Waals surface area (Å²) in [6, 6.07) is 7.63. The minimum Gasteiger partial charge on any atom is -0.491 e. The largest absolute Gasteiger partial charge is 0.491 e. The summed E-state index contributed by atoms with van der Waals surface area (Å²) in [5.74, 6) is -1.74. The lowest BCUT2D eigenvalue weighted by Gasteiger charge is -2.22. The van der Waals surface area contributed by atoms with Gasteiger partial charge in [-0.1, -0.05) is 18.2 Å². The Morgan fingerprint density at radius 3 is 2.78 bits per heavy atom. The molecule has 0 saturated heterocycles. The molecule has 1 aliphatic heterocycles. The van der Waals surface area contributed by atoms with Crippen molar-refractivity contribution in [3.8, 4) is 5.75 Å². The summed E-state index contributed by atoms with van der Waals surface area (Å²) < 4.78 is 32.9. The lowest BCUT2D eigenvalue weighted by molar-refractivity contribution is -0.120. The highest BCUT2D eigenvalue weighted by molar-refractivity contribution is 5.93. The molecule has 142 valence electrons. The summed E-state index contributed by atoms with van der Waals surface area (Å²) in [4.78, 5) is 24.0. The third kappa shape index (κ3) is 4.61. The van der Waals surface area contributed by atoms with Gasteiger partial charge < -0.3 is 15.4 Å². The highest BCUT2D eigenvalue weighted by Gasteiger charge is 2.22. The maximum absolute atomic E-state index is 14.1. The Balaban J connectivity index is 1.78. The van der Waals surface area contributed by atoms with Crippen LogP contribution in [0.4, 0.5) is 14.5 Å². The molecule has 2 aromatic carbocycles. The van der Waals surface area contributed by atoms with Crippen molar-refractivity contribution in [1.82, 2.24) is 5.32 Å². The molecule has 1 aliphatic rings. The van der Waals surface area contributed by atoms with Gasteiger partial charge in [0.05, 0.1) is 24.8 Å². The summed E-state index contributed by atoms with van der Waals surface area (Å²) in [5.41, 5.74) is 1.61. The number of carbonyl (C=O) groups excluding carboxylic acids is 2. The molecule has 5 nitrogen and oxygen atoms in total. The Kier molecular flexibility index (Phi) is 5.69. The molecule has 0 radical (unpaired) electrons. The second kappa shape index (κ2) is 8.16. The molecule has 1 heterocycles. The zero-order chi connectivity index (χ0) is 19.4. The van der Waals surface area contributed by atoms with E-state index in [0.717, 1.165) is 30.5 Å². The fourth-order valence-corrected chi connectivity index (χ4v) is 3.14. The SMILES string of the molecule is CC(=O)NC(CC(=O)Nc1cccc2c1OCCC2)c1ccc(F)cc1F. The number of rotatable bonds is 5. The van der Waals surface area contributed by atoms with Gasteiger partial charge in [-0.25, -0.2) is 8.78 Å². The van der Waals surface area contributed by atoms with Crippen LogP contribution in [0.2, 0.25) is 0 Å². The number of benzene rings is 2. The highest BCUT2D eigenvalue weighted by Crippen LogP contribution is 2.33. The number of ether oxygens (including phenoxy) is 1. The molecule has 1 unspecified atom stereocenters. The molecule has 0 bridgehead atoms. The van der Waals surface area contributed by atoms with E-state index in [1.165, 1.54) is 13.0 Å². The van der Waals surface area contributed by atoms with Crippen molar-refractivity contribution in [3.63, 3.8) is 0 Å². The molecule has 2 amide bonds. The van der Waals surface area contributed by atoms with Gasteiger partial charge in [-0.3, -0.25) is 9.59 Å². The van der Waals surface area contributed by atoms with Crippen molar-refractivity contribution in [1.29, 1.82) is 0 Å². The second-order valence-electron chi connectivity index (χ2n) is 6.42. The van der Waals surface area contributed by atoms with E-state index in [9.17, 15) is 18.4 Å². The van der Waals surface area contributed by atoms with Gasteiger partial charge in [-0.2, -0.15) is 0 Å². The number of anilines is 1. The molecule has 2 aromatic rings. The molecule has 7 heteroatoms. The number of fused-ring (bicyclic) bond motifs is 1. The quantitative estimate of drug-likeness (QED) is 0.842. The predicted octanol–water partition coefficient (Wildman–Crippen LogP) is 3.50. The van der Waals surface area contributed by atoms with Crippen molar-refractivity contribution in [2.45, 2.75) is 32.2 Å². The Labute approximate surface area is 155 Å². The van der Waals surface area contributed by atoms with Crippen LogP contribution in [0.5, 0.6) is 5.75 Å². The summed E-state index contributed by atoms with van der Waals surface area (Å²) in [6.45, 7) is 1.85. The van der Waals surface area contributed by atoms with Crippen LogP contribution < -0.4 is 15.4 Å². The Hall–Kier alpha value is -2.96. The number of hydrogen-bond donors (Lipinski definition) is 2. The van der Waals surface area contributed by atoms with E-state index in [1.54, 1.807) is 6.07 Å². The minimum atomic E-state index is -0.913. The number of amides is 2. The van der Waals surface area contributed by atoms with E-state index in [1.807, 2.05) is 12.1 Å². The van der Waals surface area contributed by atoms with E-state index in [4.69, 9.17) is 4.74 Å². The average Bonchev–Trinajstić information content (AvgIpc) is 2.61. The summed E-state index contributed by atoms with van der Waals surface area (Å²) in [7, 11) is 0. The summed E-state index contributed by atoms with van der Waals surface area (Å²) >= 11 is 0. The standard InChI is InChI=1S/C20H20F2N2O3/c1-12(25)23-18(15-8-7-14(21)10-16(15)22)11-19(26)24-17-6-2-4-13-5-3-9-27-20(13)17/h2,4,6-8,10,18H,3,5,9,11H2,1H3,(H,23,25)(H,24,26). The molecule has 0 aliphatic carbocycles. The fourth-order valence-electron chi connectivity index (χ4n) is 3.14. The monoisotopic (exact) mass is 374 g/mol. The Bertz CT molecular complexity index is 870. The highest BCUT2D eigenvalue weighted by atomic mass is 19.1. The molecular weight excluding hydrogens is 354 g/mol. The molecule has 27 heavy (non-hydrogen) atoms.